The van der Waals surface area contributed by atoms with Gasteiger partial charge in [-0.1, -0.05) is 34.1 Å². The van der Waals surface area contributed by atoms with Gasteiger partial charge in [-0.3, -0.25) is 5.10 Å². The average molecular weight is 310 g/mol. The lowest BCUT2D eigenvalue weighted by molar-refractivity contribution is 1.09. The van der Waals surface area contributed by atoms with Gasteiger partial charge in [-0.05, 0) is 17.7 Å². The third kappa shape index (κ3) is 1.81. The lowest BCUT2D eigenvalue weighted by Gasteiger charge is -2.04. The van der Waals surface area contributed by atoms with Crippen LogP contribution in [0, 0.1) is 0 Å². The number of benzene rings is 1. The Morgan fingerprint density at radius 3 is 2.82 bits per heavy atom. The predicted molar refractivity (Wildman–Crippen MR) is 69.8 cm³/mol. The van der Waals surface area contributed by atoms with Crippen molar-refractivity contribution in [3.05, 3.63) is 40.2 Å². The Bertz CT molecular complexity index is 695. The molecule has 0 unspecified atom stereocenters. The van der Waals surface area contributed by atoms with Crippen LogP contribution in [0.5, 0.6) is 0 Å². The smallest absolute Gasteiger partial charge is 0.224 e. The van der Waals surface area contributed by atoms with Crippen molar-refractivity contribution in [2.24, 2.45) is 0 Å². The molecule has 17 heavy (non-hydrogen) atoms. The van der Waals surface area contributed by atoms with E-state index in [0.717, 1.165) is 21.1 Å². The number of nitrogens with one attached hydrogen (secondary N) is 1. The Morgan fingerprint density at radius 2 is 2.00 bits per heavy atom. The van der Waals surface area contributed by atoms with E-state index in [1.165, 1.54) is 0 Å². The van der Waals surface area contributed by atoms with Crippen molar-refractivity contribution < 1.29 is 0 Å². The van der Waals surface area contributed by atoms with E-state index in [1.807, 2.05) is 24.3 Å². The molecule has 0 aliphatic carbocycles. The molecule has 0 fully saturated rings. The van der Waals surface area contributed by atoms with Crippen LogP contribution in [0.4, 0.5) is 0 Å². The van der Waals surface area contributed by atoms with Crippen LogP contribution >= 0.6 is 27.5 Å². The van der Waals surface area contributed by atoms with Crippen molar-refractivity contribution in [3.63, 3.8) is 0 Å². The molecular weight excluding hydrogens is 304 g/mol. The molecule has 0 aliphatic heterocycles. The van der Waals surface area contributed by atoms with Gasteiger partial charge in [0.15, 0.2) is 5.65 Å². The van der Waals surface area contributed by atoms with E-state index in [-0.39, 0.29) is 5.28 Å². The Hall–Kier alpha value is -1.46. The van der Waals surface area contributed by atoms with Gasteiger partial charge in [0.25, 0.3) is 0 Å². The van der Waals surface area contributed by atoms with Gasteiger partial charge in [-0.15, -0.1) is 0 Å². The van der Waals surface area contributed by atoms with E-state index in [0.29, 0.717) is 5.65 Å². The van der Waals surface area contributed by atoms with Crippen molar-refractivity contribution >= 4 is 38.6 Å². The highest BCUT2D eigenvalue weighted by Crippen LogP contribution is 2.31. The molecule has 1 aromatic carbocycles. The summed E-state index contributed by atoms with van der Waals surface area (Å²) in [5.41, 5.74) is 2.36. The van der Waals surface area contributed by atoms with Crippen LogP contribution in [0.2, 0.25) is 5.28 Å². The summed E-state index contributed by atoms with van der Waals surface area (Å²) in [6, 6.07) is 7.82. The third-order valence-electron chi connectivity index (χ3n) is 2.41. The van der Waals surface area contributed by atoms with Gasteiger partial charge >= 0.3 is 0 Å². The van der Waals surface area contributed by atoms with Crippen LogP contribution in [-0.2, 0) is 0 Å². The van der Waals surface area contributed by atoms with Gasteiger partial charge < -0.3 is 0 Å². The summed E-state index contributed by atoms with van der Waals surface area (Å²) in [6.45, 7) is 0. The van der Waals surface area contributed by atoms with E-state index < -0.39 is 0 Å². The van der Waals surface area contributed by atoms with Crippen molar-refractivity contribution in [1.82, 2.24) is 20.2 Å². The molecule has 6 heteroatoms. The van der Waals surface area contributed by atoms with Crippen molar-refractivity contribution in [2.45, 2.75) is 0 Å². The molecule has 0 bridgehead atoms. The van der Waals surface area contributed by atoms with Crippen LogP contribution in [0.25, 0.3) is 22.3 Å². The lowest BCUT2D eigenvalue weighted by atomic mass is 10.1. The first-order valence-corrected chi connectivity index (χ1v) is 6.04. The zero-order chi connectivity index (χ0) is 11.8. The molecular formula is C11H6BrClN4. The number of nitrogens with zero attached hydrogens (tertiary/aromatic N) is 3. The fourth-order valence-corrected chi connectivity index (χ4v) is 2.31. The fourth-order valence-electron chi connectivity index (χ4n) is 1.67. The topological polar surface area (TPSA) is 54.5 Å². The summed E-state index contributed by atoms with van der Waals surface area (Å²) in [7, 11) is 0. The normalized spacial score (nSPS) is 10.9. The van der Waals surface area contributed by atoms with Crippen molar-refractivity contribution in [3.8, 4) is 11.3 Å². The Kier molecular flexibility index (Phi) is 2.57. The first-order valence-electron chi connectivity index (χ1n) is 4.87. The summed E-state index contributed by atoms with van der Waals surface area (Å²) >= 11 is 9.40. The van der Waals surface area contributed by atoms with Crippen LogP contribution in [0.3, 0.4) is 0 Å². The highest BCUT2D eigenvalue weighted by molar-refractivity contribution is 9.10. The second-order valence-corrected chi connectivity index (χ2v) is 4.65. The Balaban J connectivity index is 2.37. The monoisotopic (exact) mass is 308 g/mol. The maximum Gasteiger partial charge on any atom is 0.224 e. The predicted octanol–water partition coefficient (Wildman–Crippen LogP) is 3.44. The van der Waals surface area contributed by atoms with Crippen LogP contribution in [0.15, 0.2) is 34.9 Å². The molecule has 1 N–H and O–H groups in total. The quantitative estimate of drug-likeness (QED) is 0.701. The maximum absolute atomic E-state index is 5.90. The minimum absolute atomic E-state index is 0.201. The largest absolute Gasteiger partial charge is 0.261 e. The van der Waals surface area contributed by atoms with Crippen molar-refractivity contribution in [2.75, 3.05) is 0 Å². The molecule has 84 valence electrons. The van der Waals surface area contributed by atoms with E-state index in [1.54, 1.807) is 6.20 Å². The first kappa shape index (κ1) is 10.7. The van der Waals surface area contributed by atoms with Gasteiger partial charge in [0, 0.05) is 10.0 Å². The second kappa shape index (κ2) is 4.09. The summed E-state index contributed by atoms with van der Waals surface area (Å²) in [5.74, 6) is 0. The summed E-state index contributed by atoms with van der Waals surface area (Å²) in [5, 5.41) is 7.80. The van der Waals surface area contributed by atoms with Gasteiger partial charge in [0.05, 0.1) is 17.3 Å². The first-order chi connectivity index (χ1) is 8.25. The highest BCUT2D eigenvalue weighted by atomic mass is 79.9. The van der Waals surface area contributed by atoms with E-state index in [9.17, 15) is 0 Å². The molecule has 2 aromatic heterocycles. The molecule has 3 aromatic rings. The Labute approximate surface area is 110 Å². The Morgan fingerprint density at radius 1 is 1.18 bits per heavy atom. The minimum atomic E-state index is 0.201. The van der Waals surface area contributed by atoms with E-state index in [2.05, 4.69) is 36.1 Å². The second-order valence-electron chi connectivity index (χ2n) is 3.45. The molecule has 3 rings (SSSR count). The van der Waals surface area contributed by atoms with Crippen molar-refractivity contribution in [1.29, 1.82) is 0 Å². The van der Waals surface area contributed by atoms with Gasteiger partial charge in [0.1, 0.15) is 0 Å². The van der Waals surface area contributed by atoms with Gasteiger partial charge in [0.2, 0.25) is 5.28 Å². The average Bonchev–Trinajstić information content (AvgIpc) is 2.76. The zero-order valence-electron chi connectivity index (χ0n) is 8.48. The molecule has 0 radical (unpaired) electrons. The number of hydrogen-bond acceptors (Lipinski definition) is 3. The standard InChI is InChI=1S/C11H6BrClN4/c12-8-4-2-1-3-6(8)9-7-5-14-17-10(7)16-11(13)15-9/h1-5H,(H,14,15,16,17). The number of hydrogen-bond donors (Lipinski definition) is 1. The van der Waals surface area contributed by atoms with Gasteiger partial charge in [-0.2, -0.15) is 10.1 Å². The molecule has 0 spiro atoms. The molecule has 0 amide bonds. The molecule has 4 nitrogen and oxygen atoms in total. The SMILES string of the molecule is Clc1nc(-c2ccccc2Br)c2cn[nH]c2n1. The molecule has 0 saturated carbocycles. The number of aromatic amines is 1. The molecule has 0 aliphatic rings. The summed E-state index contributed by atoms with van der Waals surface area (Å²) < 4.78 is 0.956. The molecule has 0 atom stereocenters. The third-order valence-corrected chi connectivity index (χ3v) is 3.27. The number of H-pyrrole nitrogens is 1. The number of aromatic nitrogens is 4. The van der Waals surface area contributed by atoms with Crippen LogP contribution in [0.1, 0.15) is 0 Å². The number of halogens is 2. The van der Waals surface area contributed by atoms with Crippen LogP contribution < -0.4 is 0 Å². The molecule has 0 saturated heterocycles. The van der Waals surface area contributed by atoms with Gasteiger partial charge in [-0.25, -0.2) is 4.98 Å². The fraction of sp³-hybridized carbons (Fsp3) is 0. The lowest BCUT2D eigenvalue weighted by Crippen LogP contribution is -1.90. The zero-order valence-corrected chi connectivity index (χ0v) is 10.8. The summed E-state index contributed by atoms with van der Waals surface area (Å²) in [4.78, 5) is 8.34. The summed E-state index contributed by atoms with van der Waals surface area (Å²) in [6.07, 6.45) is 1.69. The van der Waals surface area contributed by atoms with Crippen LogP contribution in [-0.4, -0.2) is 20.2 Å². The highest BCUT2D eigenvalue weighted by Gasteiger charge is 2.12. The number of rotatable bonds is 1. The number of fused-ring (bicyclic) bond motifs is 1. The molecule has 2 heterocycles. The van der Waals surface area contributed by atoms with E-state index in [4.69, 9.17) is 11.6 Å². The van der Waals surface area contributed by atoms with E-state index >= 15 is 0 Å². The minimum Gasteiger partial charge on any atom is -0.261 e. The maximum atomic E-state index is 5.90.